The van der Waals surface area contributed by atoms with E-state index in [9.17, 15) is 4.79 Å². The Balaban J connectivity index is 1.94. The fraction of sp³-hybridized carbons (Fsp3) is 0.231. The second-order valence-corrected chi connectivity index (χ2v) is 4.34. The number of amides is 1. The summed E-state index contributed by atoms with van der Waals surface area (Å²) in [6.07, 6.45) is 2.15. The minimum atomic E-state index is -0.0846. The van der Waals surface area contributed by atoms with E-state index in [-0.39, 0.29) is 5.91 Å². The van der Waals surface area contributed by atoms with Crippen molar-refractivity contribution in [3.63, 3.8) is 0 Å². The second kappa shape index (κ2) is 5.69. The smallest absolute Gasteiger partial charge is 0.229 e. The van der Waals surface area contributed by atoms with Gasteiger partial charge in [-0.05, 0) is 24.6 Å². The van der Waals surface area contributed by atoms with Crippen LogP contribution in [0.25, 0.3) is 0 Å². The molecular weight excluding hydrogens is 250 g/mol. The third kappa shape index (κ3) is 3.34. The predicted molar refractivity (Wildman–Crippen MR) is 71.7 cm³/mol. The first-order chi connectivity index (χ1) is 8.67. The van der Waals surface area contributed by atoms with E-state index in [1.54, 1.807) is 22.9 Å². The Morgan fingerprint density at radius 1 is 1.33 bits per heavy atom. The number of nitrogens with one attached hydrogen (secondary N) is 1. The number of hydrogen-bond donors (Lipinski definition) is 1. The Hall–Kier alpha value is -1.81. The lowest BCUT2D eigenvalue weighted by atomic mass is 10.1. The van der Waals surface area contributed by atoms with Gasteiger partial charge in [0.25, 0.3) is 0 Å². The van der Waals surface area contributed by atoms with Crippen molar-refractivity contribution in [2.24, 2.45) is 0 Å². The highest BCUT2D eigenvalue weighted by molar-refractivity contribution is 6.30. The fourth-order valence-corrected chi connectivity index (χ4v) is 1.71. The number of hydrogen-bond acceptors (Lipinski definition) is 2. The molecule has 18 heavy (non-hydrogen) atoms. The third-order valence-electron chi connectivity index (χ3n) is 2.51. The van der Waals surface area contributed by atoms with Crippen LogP contribution in [-0.2, 0) is 17.8 Å². The van der Waals surface area contributed by atoms with E-state index in [0.29, 0.717) is 17.3 Å². The van der Waals surface area contributed by atoms with Crippen LogP contribution in [0.1, 0.15) is 12.5 Å². The van der Waals surface area contributed by atoms with Gasteiger partial charge in [0, 0.05) is 23.8 Å². The molecule has 0 fully saturated rings. The van der Waals surface area contributed by atoms with Gasteiger partial charge in [0.1, 0.15) is 0 Å². The van der Waals surface area contributed by atoms with Crippen molar-refractivity contribution < 1.29 is 4.79 Å². The molecule has 0 radical (unpaired) electrons. The third-order valence-corrected chi connectivity index (χ3v) is 2.76. The van der Waals surface area contributed by atoms with Crippen molar-refractivity contribution in [1.82, 2.24) is 9.78 Å². The summed E-state index contributed by atoms with van der Waals surface area (Å²) in [4.78, 5) is 11.8. The molecule has 0 aliphatic rings. The van der Waals surface area contributed by atoms with Crippen LogP contribution in [0.15, 0.2) is 36.5 Å². The van der Waals surface area contributed by atoms with Crippen LogP contribution in [0.2, 0.25) is 5.02 Å². The zero-order chi connectivity index (χ0) is 13.0. The predicted octanol–water partition coefficient (Wildman–Crippen LogP) is 2.74. The van der Waals surface area contributed by atoms with E-state index in [1.165, 1.54) is 0 Å². The Labute approximate surface area is 111 Å². The Morgan fingerprint density at radius 3 is 2.67 bits per heavy atom. The van der Waals surface area contributed by atoms with Crippen molar-refractivity contribution in [3.05, 3.63) is 47.1 Å². The molecule has 94 valence electrons. The van der Waals surface area contributed by atoms with Crippen LogP contribution in [0, 0.1) is 0 Å². The van der Waals surface area contributed by atoms with Gasteiger partial charge in [-0.1, -0.05) is 23.7 Å². The summed E-state index contributed by atoms with van der Waals surface area (Å²) in [6.45, 7) is 2.78. The number of anilines is 1. The Kier molecular flexibility index (Phi) is 3.99. The zero-order valence-electron chi connectivity index (χ0n) is 10.1. The summed E-state index contributed by atoms with van der Waals surface area (Å²) in [6, 6.07) is 9.01. The maximum atomic E-state index is 11.8. The maximum Gasteiger partial charge on any atom is 0.229 e. The van der Waals surface area contributed by atoms with E-state index in [4.69, 9.17) is 11.6 Å². The van der Waals surface area contributed by atoms with Gasteiger partial charge in [0.15, 0.2) is 5.82 Å². The number of nitrogens with zero attached hydrogens (tertiary/aromatic N) is 2. The molecule has 1 amide bonds. The lowest BCUT2D eigenvalue weighted by Crippen LogP contribution is -2.15. The van der Waals surface area contributed by atoms with E-state index in [1.807, 2.05) is 25.3 Å². The monoisotopic (exact) mass is 263 g/mol. The molecule has 1 heterocycles. The lowest BCUT2D eigenvalue weighted by Gasteiger charge is -2.02. The molecule has 2 aromatic rings. The summed E-state index contributed by atoms with van der Waals surface area (Å²) >= 11 is 5.78. The highest BCUT2D eigenvalue weighted by atomic mass is 35.5. The van der Waals surface area contributed by atoms with Crippen LogP contribution in [0.5, 0.6) is 0 Å². The highest BCUT2D eigenvalue weighted by Crippen LogP contribution is 2.10. The molecule has 0 aliphatic carbocycles. The standard InChI is InChI=1S/C13H14ClN3O/c1-2-17-8-7-12(16-17)15-13(18)9-10-3-5-11(14)6-4-10/h3-8H,2,9H2,1H3,(H,15,16,18). The quantitative estimate of drug-likeness (QED) is 0.922. The molecule has 0 saturated heterocycles. The topological polar surface area (TPSA) is 46.9 Å². The number of aryl methyl sites for hydroxylation is 1. The first-order valence-corrected chi connectivity index (χ1v) is 6.13. The largest absolute Gasteiger partial charge is 0.309 e. The van der Waals surface area contributed by atoms with E-state index in [0.717, 1.165) is 12.1 Å². The average Bonchev–Trinajstić information content (AvgIpc) is 2.79. The van der Waals surface area contributed by atoms with Gasteiger partial charge in [-0.3, -0.25) is 9.48 Å². The molecule has 0 atom stereocenters. The Bertz CT molecular complexity index is 533. The van der Waals surface area contributed by atoms with Gasteiger partial charge in [0.05, 0.1) is 6.42 Å². The minimum absolute atomic E-state index is 0.0846. The number of carbonyl (C=O) groups excluding carboxylic acids is 1. The van der Waals surface area contributed by atoms with E-state index in [2.05, 4.69) is 10.4 Å². The first-order valence-electron chi connectivity index (χ1n) is 5.75. The SMILES string of the molecule is CCn1ccc(NC(=O)Cc2ccc(Cl)cc2)n1. The molecule has 0 unspecified atom stereocenters. The van der Waals surface area contributed by atoms with Crippen LogP contribution in [-0.4, -0.2) is 15.7 Å². The summed E-state index contributed by atoms with van der Waals surface area (Å²) in [5.41, 5.74) is 0.923. The summed E-state index contributed by atoms with van der Waals surface area (Å²) < 4.78 is 1.76. The number of rotatable bonds is 4. The molecule has 1 N–H and O–H groups in total. The van der Waals surface area contributed by atoms with Crippen LogP contribution in [0.4, 0.5) is 5.82 Å². The van der Waals surface area contributed by atoms with Crippen LogP contribution >= 0.6 is 11.6 Å². The number of benzene rings is 1. The highest BCUT2D eigenvalue weighted by Gasteiger charge is 2.06. The molecule has 0 spiro atoms. The molecule has 4 nitrogen and oxygen atoms in total. The summed E-state index contributed by atoms with van der Waals surface area (Å²) in [5.74, 6) is 0.495. The molecule has 5 heteroatoms. The molecule has 0 bridgehead atoms. The van der Waals surface area contributed by atoms with Crippen LogP contribution in [0.3, 0.4) is 0 Å². The molecular formula is C13H14ClN3O. The van der Waals surface area contributed by atoms with E-state index >= 15 is 0 Å². The fourth-order valence-electron chi connectivity index (χ4n) is 1.58. The molecule has 1 aromatic carbocycles. The molecule has 2 rings (SSSR count). The molecule has 0 saturated carbocycles. The van der Waals surface area contributed by atoms with Gasteiger partial charge >= 0.3 is 0 Å². The summed E-state index contributed by atoms with van der Waals surface area (Å²) in [5, 5.41) is 7.61. The van der Waals surface area contributed by atoms with Gasteiger partial charge in [-0.2, -0.15) is 5.10 Å². The molecule has 1 aromatic heterocycles. The average molecular weight is 264 g/mol. The molecule has 0 aliphatic heterocycles. The van der Waals surface area contributed by atoms with Crippen molar-refractivity contribution >= 4 is 23.3 Å². The van der Waals surface area contributed by atoms with Gasteiger partial charge in [-0.15, -0.1) is 0 Å². The van der Waals surface area contributed by atoms with Crippen molar-refractivity contribution in [2.45, 2.75) is 19.9 Å². The van der Waals surface area contributed by atoms with Crippen molar-refractivity contribution in [2.75, 3.05) is 5.32 Å². The van der Waals surface area contributed by atoms with Gasteiger partial charge in [0.2, 0.25) is 5.91 Å². The number of halogens is 1. The first kappa shape index (κ1) is 12.6. The number of aromatic nitrogens is 2. The summed E-state index contributed by atoms with van der Waals surface area (Å²) in [7, 11) is 0. The van der Waals surface area contributed by atoms with Crippen LogP contribution < -0.4 is 5.32 Å². The van der Waals surface area contributed by atoms with Crippen molar-refractivity contribution in [1.29, 1.82) is 0 Å². The van der Waals surface area contributed by atoms with Crippen molar-refractivity contribution in [3.8, 4) is 0 Å². The second-order valence-electron chi connectivity index (χ2n) is 3.91. The van der Waals surface area contributed by atoms with Gasteiger partial charge < -0.3 is 5.32 Å². The lowest BCUT2D eigenvalue weighted by molar-refractivity contribution is -0.115. The zero-order valence-corrected chi connectivity index (χ0v) is 10.8. The maximum absolute atomic E-state index is 11.8. The van der Waals surface area contributed by atoms with Gasteiger partial charge in [-0.25, -0.2) is 0 Å². The van der Waals surface area contributed by atoms with E-state index < -0.39 is 0 Å². The normalized spacial score (nSPS) is 10.3. The Morgan fingerprint density at radius 2 is 2.06 bits per heavy atom. The minimum Gasteiger partial charge on any atom is -0.309 e. The number of carbonyl (C=O) groups is 1.